The van der Waals surface area contributed by atoms with E-state index in [2.05, 4.69) is 10.6 Å². The number of esters is 1. The Morgan fingerprint density at radius 2 is 1.86 bits per heavy atom. The number of urea groups is 1. The van der Waals surface area contributed by atoms with Gasteiger partial charge in [-0.05, 0) is 37.5 Å². The van der Waals surface area contributed by atoms with Gasteiger partial charge in [0, 0.05) is 26.3 Å². The Kier molecular flexibility index (Phi) is 6.23. The van der Waals surface area contributed by atoms with Crippen molar-refractivity contribution >= 4 is 29.7 Å². The number of imide groups is 2. The summed E-state index contributed by atoms with van der Waals surface area (Å²) in [4.78, 5) is 61.2. The van der Waals surface area contributed by atoms with Crippen LogP contribution in [-0.4, -0.2) is 67.5 Å². The third-order valence-corrected chi connectivity index (χ3v) is 4.44. The van der Waals surface area contributed by atoms with Crippen molar-refractivity contribution in [2.24, 2.45) is 0 Å². The van der Waals surface area contributed by atoms with Gasteiger partial charge in [0.1, 0.15) is 0 Å². The lowest BCUT2D eigenvalue weighted by atomic mass is 10.1. The lowest BCUT2D eigenvalue weighted by molar-refractivity contribution is -0.123. The highest BCUT2D eigenvalue weighted by Gasteiger charge is 2.35. The Morgan fingerprint density at radius 1 is 1.14 bits per heavy atom. The summed E-state index contributed by atoms with van der Waals surface area (Å²) < 4.78 is 9.81. The van der Waals surface area contributed by atoms with E-state index in [9.17, 15) is 24.0 Å². The van der Waals surface area contributed by atoms with Crippen LogP contribution in [0.15, 0.2) is 18.2 Å². The average molecular weight is 403 g/mol. The fourth-order valence-electron chi connectivity index (χ4n) is 2.81. The molecule has 10 nitrogen and oxygen atoms in total. The lowest BCUT2D eigenvalue weighted by Crippen LogP contribution is -2.42. The molecular weight excluding hydrogens is 382 g/mol. The maximum Gasteiger partial charge on any atom is 0.338 e. The van der Waals surface area contributed by atoms with E-state index >= 15 is 0 Å². The molecule has 1 aliphatic heterocycles. The van der Waals surface area contributed by atoms with Gasteiger partial charge < -0.3 is 14.8 Å². The molecule has 0 spiro atoms. The van der Waals surface area contributed by atoms with Gasteiger partial charge in [0.05, 0.1) is 16.7 Å². The number of ether oxygens (including phenoxy) is 2. The number of benzene rings is 1. The van der Waals surface area contributed by atoms with Gasteiger partial charge in [-0.15, -0.1) is 0 Å². The van der Waals surface area contributed by atoms with Gasteiger partial charge in [-0.25, -0.2) is 9.59 Å². The first-order chi connectivity index (χ1) is 13.9. The van der Waals surface area contributed by atoms with Crippen LogP contribution in [0, 0.1) is 0 Å². The number of rotatable bonds is 8. The highest BCUT2D eigenvalue weighted by Crippen LogP contribution is 2.24. The minimum absolute atomic E-state index is 0.0267. The second-order valence-electron chi connectivity index (χ2n) is 6.74. The number of amides is 5. The lowest BCUT2D eigenvalue weighted by Gasteiger charge is -2.12. The smallest absolute Gasteiger partial charge is 0.338 e. The molecule has 29 heavy (non-hydrogen) atoms. The van der Waals surface area contributed by atoms with E-state index in [1.165, 1.54) is 25.3 Å². The van der Waals surface area contributed by atoms with Crippen LogP contribution < -0.4 is 10.6 Å². The molecule has 3 rings (SSSR count). The molecule has 0 atom stereocenters. The Morgan fingerprint density at radius 3 is 2.55 bits per heavy atom. The average Bonchev–Trinajstić information content (AvgIpc) is 3.48. The predicted molar refractivity (Wildman–Crippen MR) is 98.3 cm³/mol. The second kappa shape index (κ2) is 8.82. The molecule has 5 amide bonds. The van der Waals surface area contributed by atoms with Gasteiger partial charge in [0.2, 0.25) is 0 Å². The van der Waals surface area contributed by atoms with Crippen LogP contribution >= 0.6 is 0 Å². The van der Waals surface area contributed by atoms with Crippen molar-refractivity contribution in [2.45, 2.75) is 25.3 Å². The topological polar surface area (TPSA) is 131 Å². The van der Waals surface area contributed by atoms with Crippen LogP contribution in [0.3, 0.4) is 0 Å². The van der Waals surface area contributed by atoms with E-state index in [0.29, 0.717) is 13.0 Å². The first-order valence-corrected chi connectivity index (χ1v) is 9.17. The Hall–Kier alpha value is -3.27. The van der Waals surface area contributed by atoms with E-state index in [1.54, 1.807) is 0 Å². The van der Waals surface area contributed by atoms with Crippen LogP contribution in [0.25, 0.3) is 0 Å². The van der Waals surface area contributed by atoms with Gasteiger partial charge in [-0.1, -0.05) is 0 Å². The summed E-state index contributed by atoms with van der Waals surface area (Å²) in [6, 6.07) is 3.45. The number of hydrogen-bond donors (Lipinski definition) is 2. The number of methoxy groups -OCH3 is 1. The van der Waals surface area contributed by atoms with Crippen molar-refractivity contribution in [1.82, 2.24) is 15.5 Å². The van der Waals surface area contributed by atoms with E-state index in [1.807, 2.05) is 0 Å². The van der Waals surface area contributed by atoms with Gasteiger partial charge in [0.25, 0.3) is 17.7 Å². The number of carbonyl (C=O) groups is 5. The minimum Gasteiger partial charge on any atom is -0.452 e. The summed E-state index contributed by atoms with van der Waals surface area (Å²) in [6.07, 6.45) is 2.25. The van der Waals surface area contributed by atoms with Crippen molar-refractivity contribution in [2.75, 3.05) is 26.9 Å². The third kappa shape index (κ3) is 4.96. The summed E-state index contributed by atoms with van der Waals surface area (Å²) in [6.45, 7) is -0.0290. The number of nitrogens with zero attached hydrogens (tertiary/aromatic N) is 1. The number of hydrogen-bond acceptors (Lipinski definition) is 7. The first kappa shape index (κ1) is 20.5. The number of nitrogens with one attached hydrogen (secondary N) is 2. The summed E-state index contributed by atoms with van der Waals surface area (Å²) in [5, 5.41) is 4.63. The highest BCUT2D eigenvalue weighted by atomic mass is 16.5. The largest absolute Gasteiger partial charge is 0.452 e. The maximum absolute atomic E-state index is 12.5. The summed E-state index contributed by atoms with van der Waals surface area (Å²) >= 11 is 0. The van der Waals surface area contributed by atoms with Crippen molar-refractivity contribution < 1.29 is 33.4 Å². The molecule has 154 valence electrons. The van der Waals surface area contributed by atoms with E-state index in [4.69, 9.17) is 9.47 Å². The molecule has 1 aliphatic carbocycles. The molecule has 1 fully saturated rings. The Balaban J connectivity index is 1.56. The predicted octanol–water partition coefficient (Wildman–Crippen LogP) is 0.464. The van der Waals surface area contributed by atoms with Gasteiger partial charge in [-0.2, -0.15) is 0 Å². The van der Waals surface area contributed by atoms with E-state index in [0.717, 1.165) is 17.7 Å². The van der Waals surface area contributed by atoms with Crippen LogP contribution in [0.2, 0.25) is 0 Å². The van der Waals surface area contributed by atoms with Crippen LogP contribution in [-0.2, 0) is 14.3 Å². The zero-order valence-corrected chi connectivity index (χ0v) is 15.9. The molecule has 0 aromatic heterocycles. The molecule has 1 aromatic rings. The van der Waals surface area contributed by atoms with Gasteiger partial charge >= 0.3 is 12.0 Å². The second-order valence-corrected chi connectivity index (χ2v) is 6.74. The first-order valence-electron chi connectivity index (χ1n) is 9.17. The Bertz CT molecular complexity index is 863. The van der Waals surface area contributed by atoms with Crippen molar-refractivity contribution in [1.29, 1.82) is 0 Å². The monoisotopic (exact) mass is 403 g/mol. The molecule has 1 aromatic carbocycles. The fourth-order valence-corrected chi connectivity index (χ4v) is 2.81. The molecule has 0 radical (unpaired) electrons. The Labute approximate surface area is 166 Å². The fraction of sp³-hybridized carbons (Fsp3) is 0.421. The summed E-state index contributed by atoms with van der Waals surface area (Å²) in [5.74, 6) is -2.54. The number of carbonyl (C=O) groups excluding carboxylic acids is 5. The molecular formula is C19H21N3O7. The molecule has 0 bridgehead atoms. The van der Waals surface area contributed by atoms with Crippen LogP contribution in [0.4, 0.5) is 4.79 Å². The molecule has 1 heterocycles. The zero-order chi connectivity index (χ0) is 21.0. The summed E-state index contributed by atoms with van der Waals surface area (Å²) in [7, 11) is 1.53. The standard InChI is InChI=1S/C19H21N3O7/c1-28-8-2-7-22-16(24)13-6-3-11(9-14(13)17(22)25)18(26)29-10-15(23)21-19(27)20-12-4-5-12/h3,6,9,12H,2,4-5,7-8,10H2,1H3,(H2,20,21,23,27). The van der Waals surface area contributed by atoms with Gasteiger partial charge in [-0.3, -0.25) is 24.6 Å². The van der Waals surface area contributed by atoms with Crippen molar-refractivity contribution in [3.05, 3.63) is 34.9 Å². The maximum atomic E-state index is 12.5. The molecule has 0 saturated heterocycles. The molecule has 10 heteroatoms. The van der Waals surface area contributed by atoms with Crippen molar-refractivity contribution in [3.8, 4) is 0 Å². The molecule has 2 N–H and O–H groups in total. The minimum atomic E-state index is -0.844. The zero-order valence-electron chi connectivity index (χ0n) is 15.9. The molecule has 1 saturated carbocycles. The highest BCUT2D eigenvalue weighted by molar-refractivity contribution is 6.22. The van der Waals surface area contributed by atoms with Crippen LogP contribution in [0.5, 0.6) is 0 Å². The number of fused-ring (bicyclic) bond motifs is 1. The van der Waals surface area contributed by atoms with E-state index < -0.39 is 36.3 Å². The van der Waals surface area contributed by atoms with E-state index in [-0.39, 0.29) is 29.3 Å². The van der Waals surface area contributed by atoms with Gasteiger partial charge in [0.15, 0.2) is 6.61 Å². The van der Waals surface area contributed by atoms with Crippen LogP contribution in [0.1, 0.15) is 50.3 Å². The quantitative estimate of drug-likeness (QED) is 0.366. The molecule has 2 aliphatic rings. The SMILES string of the molecule is COCCCN1C(=O)c2ccc(C(=O)OCC(=O)NC(=O)NC3CC3)cc2C1=O. The normalized spacial score (nSPS) is 15.1. The third-order valence-electron chi connectivity index (χ3n) is 4.44. The summed E-state index contributed by atoms with van der Waals surface area (Å²) in [5.41, 5.74) is 0.340. The molecule has 0 unspecified atom stereocenters. The van der Waals surface area contributed by atoms with Crippen molar-refractivity contribution in [3.63, 3.8) is 0 Å².